The van der Waals surface area contributed by atoms with E-state index in [1.165, 1.54) is 10.1 Å². The molecule has 3 aromatic rings. The summed E-state index contributed by atoms with van der Waals surface area (Å²) in [4.78, 5) is 28.5. The molecule has 0 radical (unpaired) electrons. The van der Waals surface area contributed by atoms with Crippen LogP contribution in [0.3, 0.4) is 0 Å². The summed E-state index contributed by atoms with van der Waals surface area (Å²) in [6.07, 6.45) is 3.49. The summed E-state index contributed by atoms with van der Waals surface area (Å²) in [6, 6.07) is 15.8. The van der Waals surface area contributed by atoms with E-state index in [-0.39, 0.29) is 11.4 Å². The minimum atomic E-state index is -0.980. The Morgan fingerprint density at radius 1 is 1.17 bits per heavy atom. The lowest BCUT2D eigenvalue weighted by atomic mass is 9.98. The molecule has 6 nitrogen and oxygen atoms in total. The molecule has 1 atom stereocenters. The van der Waals surface area contributed by atoms with E-state index in [1.54, 1.807) is 6.20 Å². The molecule has 6 heteroatoms. The summed E-state index contributed by atoms with van der Waals surface area (Å²) in [5.74, 6) is -0.795. The zero-order valence-corrected chi connectivity index (χ0v) is 16.3. The van der Waals surface area contributed by atoms with Crippen LogP contribution in [0.4, 0.5) is 5.82 Å². The molecule has 1 aliphatic rings. The number of anilines is 1. The van der Waals surface area contributed by atoms with Crippen LogP contribution in [0.1, 0.15) is 36.2 Å². The fourth-order valence-corrected chi connectivity index (χ4v) is 3.85. The van der Waals surface area contributed by atoms with Gasteiger partial charge in [-0.25, -0.2) is 9.78 Å². The highest BCUT2D eigenvalue weighted by molar-refractivity contribution is 5.72. The largest absolute Gasteiger partial charge is 0.480 e. The molecular formula is C23H23N3O3. The Kier molecular flexibility index (Phi) is 5.16. The number of aryl methyl sites for hydroxylation is 2. The molecule has 2 N–H and O–H groups in total. The van der Waals surface area contributed by atoms with Gasteiger partial charge in [0.2, 0.25) is 0 Å². The maximum Gasteiger partial charge on any atom is 0.326 e. The normalized spacial score (nSPS) is 15.1. The lowest BCUT2D eigenvalue weighted by molar-refractivity contribution is -0.140. The van der Waals surface area contributed by atoms with Crippen LogP contribution < -0.4 is 10.9 Å². The second-order valence-corrected chi connectivity index (χ2v) is 7.28. The summed E-state index contributed by atoms with van der Waals surface area (Å²) in [6.45, 7) is 2.55. The molecular weight excluding hydrogens is 366 g/mol. The summed E-state index contributed by atoms with van der Waals surface area (Å²) in [7, 11) is 0. The van der Waals surface area contributed by atoms with Crippen molar-refractivity contribution in [2.45, 2.75) is 38.8 Å². The van der Waals surface area contributed by atoms with Gasteiger partial charge in [0.25, 0.3) is 5.56 Å². The fraction of sp³-hybridized carbons (Fsp3) is 0.261. The van der Waals surface area contributed by atoms with Crippen molar-refractivity contribution in [2.24, 2.45) is 0 Å². The Hall–Kier alpha value is -3.41. The van der Waals surface area contributed by atoms with Gasteiger partial charge >= 0.3 is 5.97 Å². The van der Waals surface area contributed by atoms with Crippen molar-refractivity contribution in [2.75, 3.05) is 5.32 Å². The number of nitrogens with one attached hydrogen (secondary N) is 1. The van der Waals surface area contributed by atoms with E-state index in [0.29, 0.717) is 25.1 Å². The number of benzene rings is 2. The maximum atomic E-state index is 12.8. The number of carboxylic acid groups (broad SMARTS) is 1. The quantitative estimate of drug-likeness (QED) is 0.672. The molecule has 0 fully saturated rings. The molecule has 29 heavy (non-hydrogen) atoms. The second-order valence-electron chi connectivity index (χ2n) is 7.28. The van der Waals surface area contributed by atoms with Gasteiger partial charge in [0.05, 0.1) is 0 Å². The van der Waals surface area contributed by atoms with Gasteiger partial charge < -0.3 is 10.4 Å². The van der Waals surface area contributed by atoms with Crippen LogP contribution in [-0.2, 0) is 24.2 Å². The number of hydrogen-bond acceptors (Lipinski definition) is 4. The van der Waals surface area contributed by atoms with Crippen LogP contribution in [0, 0.1) is 0 Å². The van der Waals surface area contributed by atoms with E-state index in [9.17, 15) is 14.7 Å². The van der Waals surface area contributed by atoms with Gasteiger partial charge in [-0.05, 0) is 47.6 Å². The number of fused-ring (bicyclic) bond motifs is 1. The summed E-state index contributed by atoms with van der Waals surface area (Å²) >= 11 is 0. The van der Waals surface area contributed by atoms with Gasteiger partial charge in [0, 0.05) is 18.4 Å². The highest BCUT2D eigenvalue weighted by atomic mass is 16.4. The van der Waals surface area contributed by atoms with Crippen LogP contribution in [0.25, 0.3) is 11.1 Å². The van der Waals surface area contributed by atoms with Crippen molar-refractivity contribution in [3.05, 3.63) is 81.9 Å². The zero-order chi connectivity index (χ0) is 20.4. The monoisotopic (exact) mass is 389 g/mol. The average Bonchev–Trinajstić information content (AvgIpc) is 3.19. The SMILES string of the molecule is CCc1cc(CNc2ncc3n(c2=O)[C@H](C(=O)O)CC3)cc(-c2ccccc2)c1. The fourth-order valence-electron chi connectivity index (χ4n) is 3.85. The second kappa shape index (κ2) is 7.91. The van der Waals surface area contributed by atoms with Crippen LogP contribution in [0.15, 0.2) is 59.5 Å². The topological polar surface area (TPSA) is 84.2 Å². The molecule has 2 heterocycles. The van der Waals surface area contributed by atoms with Crippen molar-refractivity contribution in [1.29, 1.82) is 0 Å². The predicted octanol–water partition coefficient (Wildman–Crippen LogP) is 3.66. The smallest absolute Gasteiger partial charge is 0.326 e. The first kappa shape index (κ1) is 18.9. The molecule has 0 aliphatic carbocycles. The number of aromatic nitrogens is 2. The Bertz CT molecular complexity index is 1110. The first-order valence-electron chi connectivity index (χ1n) is 9.82. The van der Waals surface area contributed by atoms with Crippen LogP contribution in [0.2, 0.25) is 0 Å². The van der Waals surface area contributed by atoms with Crippen molar-refractivity contribution in [3.8, 4) is 11.1 Å². The first-order valence-corrected chi connectivity index (χ1v) is 9.82. The molecule has 1 aromatic heterocycles. The molecule has 4 rings (SSSR count). The Balaban J connectivity index is 1.61. The van der Waals surface area contributed by atoms with E-state index >= 15 is 0 Å². The maximum absolute atomic E-state index is 12.8. The minimum absolute atomic E-state index is 0.185. The molecule has 0 spiro atoms. The standard InChI is InChI=1S/C23H23N3O3/c1-2-15-10-16(12-18(11-15)17-6-4-3-5-7-17)13-24-21-22(27)26-19(14-25-21)8-9-20(26)23(28)29/h3-7,10-12,14,20H,2,8-9,13H2,1H3,(H,24,25)(H,28,29)/t20-/m0/s1. The Labute approximate surface area is 168 Å². The van der Waals surface area contributed by atoms with E-state index < -0.39 is 12.0 Å². The van der Waals surface area contributed by atoms with Crippen molar-refractivity contribution in [1.82, 2.24) is 9.55 Å². The van der Waals surface area contributed by atoms with Gasteiger partial charge in [0.15, 0.2) is 5.82 Å². The van der Waals surface area contributed by atoms with Crippen molar-refractivity contribution >= 4 is 11.8 Å². The van der Waals surface area contributed by atoms with Gasteiger partial charge in [-0.1, -0.05) is 49.4 Å². The minimum Gasteiger partial charge on any atom is -0.480 e. The average molecular weight is 389 g/mol. The lowest BCUT2D eigenvalue weighted by Gasteiger charge is -2.13. The van der Waals surface area contributed by atoms with E-state index in [1.807, 2.05) is 18.2 Å². The molecule has 148 valence electrons. The number of aliphatic carboxylic acids is 1. The van der Waals surface area contributed by atoms with Crippen molar-refractivity contribution < 1.29 is 9.90 Å². The first-order chi connectivity index (χ1) is 14.1. The zero-order valence-electron chi connectivity index (χ0n) is 16.3. The molecule has 0 saturated carbocycles. The van der Waals surface area contributed by atoms with Crippen molar-refractivity contribution in [3.63, 3.8) is 0 Å². The molecule has 2 aromatic carbocycles. The van der Waals surface area contributed by atoms with E-state index in [2.05, 4.69) is 47.6 Å². The number of carbonyl (C=O) groups is 1. The highest BCUT2D eigenvalue weighted by Crippen LogP contribution is 2.25. The molecule has 0 saturated heterocycles. The Morgan fingerprint density at radius 3 is 2.66 bits per heavy atom. The number of nitrogens with zero attached hydrogens (tertiary/aromatic N) is 2. The third-order valence-corrected chi connectivity index (χ3v) is 5.37. The molecule has 0 bridgehead atoms. The summed E-state index contributed by atoms with van der Waals surface area (Å²) < 4.78 is 1.36. The van der Waals surface area contributed by atoms with Gasteiger partial charge in [-0.15, -0.1) is 0 Å². The molecule has 0 unspecified atom stereocenters. The van der Waals surface area contributed by atoms with Crippen LogP contribution >= 0.6 is 0 Å². The summed E-state index contributed by atoms with van der Waals surface area (Å²) in [5.41, 5.74) is 4.84. The lowest BCUT2D eigenvalue weighted by Crippen LogP contribution is -2.30. The molecule has 1 aliphatic heterocycles. The number of hydrogen-bond donors (Lipinski definition) is 2. The van der Waals surface area contributed by atoms with E-state index in [4.69, 9.17) is 0 Å². The molecule has 0 amide bonds. The van der Waals surface area contributed by atoms with Gasteiger partial charge in [-0.2, -0.15) is 0 Å². The number of carboxylic acids is 1. The third kappa shape index (κ3) is 3.78. The van der Waals surface area contributed by atoms with E-state index in [0.717, 1.165) is 23.1 Å². The van der Waals surface area contributed by atoms with Gasteiger partial charge in [0.1, 0.15) is 6.04 Å². The predicted molar refractivity (Wildman–Crippen MR) is 112 cm³/mol. The number of rotatable bonds is 6. The Morgan fingerprint density at radius 2 is 1.93 bits per heavy atom. The van der Waals surface area contributed by atoms with Crippen LogP contribution in [-0.4, -0.2) is 20.6 Å². The summed E-state index contributed by atoms with van der Waals surface area (Å²) in [5, 5.41) is 12.5. The third-order valence-electron chi connectivity index (χ3n) is 5.37. The van der Waals surface area contributed by atoms with Gasteiger partial charge in [-0.3, -0.25) is 9.36 Å². The van der Waals surface area contributed by atoms with Crippen LogP contribution in [0.5, 0.6) is 0 Å². The highest BCUT2D eigenvalue weighted by Gasteiger charge is 2.30.